The van der Waals surface area contributed by atoms with E-state index in [2.05, 4.69) is 12.2 Å². The Morgan fingerprint density at radius 2 is 1.94 bits per heavy atom. The summed E-state index contributed by atoms with van der Waals surface area (Å²) in [4.78, 5) is 11.9. The predicted molar refractivity (Wildman–Crippen MR) is 68.5 cm³/mol. The first-order valence-electron chi connectivity index (χ1n) is 6.40. The molecular formula is C12H23NO3S. The molecule has 0 radical (unpaired) electrons. The molecule has 0 aliphatic heterocycles. The molecule has 0 aromatic rings. The molecule has 0 spiro atoms. The van der Waals surface area contributed by atoms with Gasteiger partial charge < -0.3 is 5.32 Å². The summed E-state index contributed by atoms with van der Waals surface area (Å²) in [5.74, 6) is 0.122. The number of carbonyl (C=O) groups excluding carboxylic acids is 1. The van der Waals surface area contributed by atoms with E-state index in [1.54, 1.807) is 6.92 Å². The third-order valence-corrected chi connectivity index (χ3v) is 5.85. The average Bonchev–Trinajstić information content (AvgIpc) is 2.31. The van der Waals surface area contributed by atoms with E-state index in [1.807, 2.05) is 0 Å². The Balaban J connectivity index is 2.59. The predicted octanol–water partition coefficient (Wildman–Crippen LogP) is 1.50. The normalized spacial score (nSPS) is 27.5. The first-order chi connectivity index (χ1) is 7.88. The van der Waals surface area contributed by atoms with E-state index in [-0.39, 0.29) is 17.7 Å². The number of carbonyl (C=O) groups is 1. The summed E-state index contributed by atoms with van der Waals surface area (Å²) in [5, 5.41) is 1.96. The summed E-state index contributed by atoms with van der Waals surface area (Å²) < 4.78 is 23.2. The zero-order valence-electron chi connectivity index (χ0n) is 10.9. The molecule has 17 heavy (non-hydrogen) atoms. The van der Waals surface area contributed by atoms with Gasteiger partial charge in [-0.15, -0.1) is 0 Å². The summed E-state index contributed by atoms with van der Waals surface area (Å²) in [6.07, 6.45) is 4.40. The van der Waals surface area contributed by atoms with E-state index in [9.17, 15) is 13.2 Å². The first kappa shape index (κ1) is 14.5. The number of hydrogen-bond acceptors (Lipinski definition) is 3. The van der Waals surface area contributed by atoms with Crippen molar-refractivity contribution < 1.29 is 13.2 Å². The summed E-state index contributed by atoms with van der Waals surface area (Å²) in [6, 6.07) is 0.144. The summed E-state index contributed by atoms with van der Waals surface area (Å²) in [5.41, 5.74) is 0. The molecule has 3 unspecified atom stereocenters. The molecular weight excluding hydrogens is 238 g/mol. The summed E-state index contributed by atoms with van der Waals surface area (Å²) >= 11 is 0. The van der Waals surface area contributed by atoms with Crippen molar-refractivity contribution in [1.29, 1.82) is 0 Å². The van der Waals surface area contributed by atoms with Gasteiger partial charge in [-0.2, -0.15) is 0 Å². The quantitative estimate of drug-likeness (QED) is 0.834. The van der Waals surface area contributed by atoms with Crippen LogP contribution in [-0.2, 0) is 14.6 Å². The van der Waals surface area contributed by atoms with Gasteiger partial charge in [0.1, 0.15) is 5.25 Å². The Hall–Kier alpha value is -0.580. The number of hydrogen-bond donors (Lipinski definition) is 1. The summed E-state index contributed by atoms with van der Waals surface area (Å²) in [7, 11) is -3.28. The molecule has 0 saturated heterocycles. The Morgan fingerprint density at radius 3 is 2.47 bits per heavy atom. The van der Waals surface area contributed by atoms with E-state index in [4.69, 9.17) is 0 Å². The van der Waals surface area contributed by atoms with Crippen LogP contribution in [0, 0.1) is 5.92 Å². The van der Waals surface area contributed by atoms with Crippen LogP contribution >= 0.6 is 0 Å². The first-order valence-corrected chi connectivity index (χ1v) is 8.12. The second-order valence-corrected chi connectivity index (χ2v) is 7.58. The number of amides is 1. The Morgan fingerprint density at radius 1 is 1.35 bits per heavy atom. The van der Waals surface area contributed by atoms with E-state index in [0.29, 0.717) is 5.92 Å². The van der Waals surface area contributed by atoms with Crippen LogP contribution in [0.25, 0.3) is 0 Å². The third-order valence-electron chi connectivity index (χ3n) is 3.75. The molecule has 5 heteroatoms. The molecule has 4 nitrogen and oxygen atoms in total. The van der Waals surface area contributed by atoms with Gasteiger partial charge in [0, 0.05) is 11.8 Å². The zero-order chi connectivity index (χ0) is 13.1. The maximum absolute atomic E-state index is 11.9. The van der Waals surface area contributed by atoms with E-state index in [0.717, 1.165) is 19.3 Å². The van der Waals surface area contributed by atoms with Gasteiger partial charge in [0.05, 0.1) is 0 Å². The van der Waals surface area contributed by atoms with Crippen molar-refractivity contribution in [2.24, 2.45) is 5.92 Å². The van der Waals surface area contributed by atoms with Crippen molar-refractivity contribution in [2.45, 2.75) is 57.7 Å². The van der Waals surface area contributed by atoms with Gasteiger partial charge in [-0.05, 0) is 25.7 Å². The summed E-state index contributed by atoms with van der Waals surface area (Å²) in [6.45, 7) is 5.16. The van der Waals surface area contributed by atoms with E-state index in [1.165, 1.54) is 13.3 Å². The Bertz CT molecular complexity index is 364. The van der Waals surface area contributed by atoms with Gasteiger partial charge >= 0.3 is 0 Å². The van der Waals surface area contributed by atoms with Gasteiger partial charge in [-0.1, -0.05) is 26.7 Å². The second-order valence-electron chi connectivity index (χ2n) is 4.97. The highest BCUT2D eigenvalue weighted by Crippen LogP contribution is 2.23. The van der Waals surface area contributed by atoms with Crippen LogP contribution in [0.1, 0.15) is 46.5 Å². The monoisotopic (exact) mass is 261 g/mol. The second kappa shape index (κ2) is 5.85. The Kier molecular flexibility index (Phi) is 4.98. The molecule has 1 rings (SSSR count). The fraction of sp³-hybridized carbons (Fsp3) is 0.917. The minimum atomic E-state index is -3.28. The maximum Gasteiger partial charge on any atom is 0.238 e. The van der Waals surface area contributed by atoms with Crippen LogP contribution in [0.5, 0.6) is 0 Å². The van der Waals surface area contributed by atoms with E-state index >= 15 is 0 Å². The minimum Gasteiger partial charge on any atom is -0.352 e. The van der Waals surface area contributed by atoms with Gasteiger partial charge in [-0.25, -0.2) is 8.42 Å². The van der Waals surface area contributed by atoms with Crippen molar-refractivity contribution in [3.05, 3.63) is 0 Å². The number of rotatable bonds is 4. The highest BCUT2D eigenvalue weighted by molar-refractivity contribution is 7.92. The van der Waals surface area contributed by atoms with Crippen molar-refractivity contribution in [2.75, 3.05) is 5.75 Å². The average molecular weight is 261 g/mol. The molecule has 1 saturated carbocycles. The lowest BCUT2D eigenvalue weighted by molar-refractivity contribution is -0.121. The standard InChI is InChI=1S/C12H23NO3S/c1-4-17(15,16)10(3)12(14)13-11-8-6-5-7-9(11)2/h9-11H,4-8H2,1-3H3,(H,13,14). The maximum atomic E-state index is 11.9. The smallest absolute Gasteiger partial charge is 0.238 e. The highest BCUT2D eigenvalue weighted by Gasteiger charge is 2.30. The van der Waals surface area contributed by atoms with Gasteiger partial charge in [0.25, 0.3) is 0 Å². The topological polar surface area (TPSA) is 63.2 Å². The van der Waals surface area contributed by atoms with Crippen LogP contribution in [0.15, 0.2) is 0 Å². The molecule has 1 aliphatic rings. The van der Waals surface area contributed by atoms with Gasteiger partial charge in [0.2, 0.25) is 5.91 Å². The molecule has 0 aromatic heterocycles. The number of nitrogens with one attached hydrogen (secondary N) is 1. The van der Waals surface area contributed by atoms with Crippen LogP contribution in [0.2, 0.25) is 0 Å². The molecule has 0 heterocycles. The SMILES string of the molecule is CCS(=O)(=O)C(C)C(=O)NC1CCCCC1C. The molecule has 0 bridgehead atoms. The van der Waals surface area contributed by atoms with Crippen LogP contribution in [-0.4, -0.2) is 31.4 Å². The van der Waals surface area contributed by atoms with Crippen molar-refractivity contribution in [1.82, 2.24) is 5.32 Å². The zero-order valence-corrected chi connectivity index (χ0v) is 11.7. The molecule has 3 atom stereocenters. The minimum absolute atomic E-state index is 0.0157. The highest BCUT2D eigenvalue weighted by atomic mass is 32.2. The number of sulfone groups is 1. The van der Waals surface area contributed by atoms with Crippen LogP contribution in [0.4, 0.5) is 0 Å². The van der Waals surface area contributed by atoms with Crippen molar-refractivity contribution in [3.8, 4) is 0 Å². The lowest BCUT2D eigenvalue weighted by Gasteiger charge is -2.30. The Labute approximate surface area is 104 Å². The van der Waals surface area contributed by atoms with Crippen LogP contribution in [0.3, 0.4) is 0 Å². The van der Waals surface area contributed by atoms with Crippen molar-refractivity contribution >= 4 is 15.7 Å². The molecule has 0 aromatic carbocycles. The fourth-order valence-electron chi connectivity index (χ4n) is 2.24. The lowest BCUT2D eigenvalue weighted by Crippen LogP contribution is -2.47. The molecule has 100 valence electrons. The van der Waals surface area contributed by atoms with Crippen LogP contribution < -0.4 is 5.32 Å². The lowest BCUT2D eigenvalue weighted by atomic mass is 9.86. The molecule has 1 fully saturated rings. The fourth-order valence-corrected chi connectivity index (χ4v) is 3.14. The largest absolute Gasteiger partial charge is 0.352 e. The van der Waals surface area contributed by atoms with Gasteiger partial charge in [0.15, 0.2) is 9.84 Å². The molecule has 1 N–H and O–H groups in total. The van der Waals surface area contributed by atoms with E-state index < -0.39 is 15.1 Å². The molecule has 1 amide bonds. The third kappa shape index (κ3) is 3.69. The van der Waals surface area contributed by atoms with Crippen molar-refractivity contribution in [3.63, 3.8) is 0 Å². The molecule has 1 aliphatic carbocycles. The van der Waals surface area contributed by atoms with Gasteiger partial charge in [-0.3, -0.25) is 4.79 Å².